The molecule has 1 aromatic carbocycles. The Morgan fingerprint density at radius 3 is 2.22 bits per heavy atom. The quantitative estimate of drug-likeness (QED) is 0.648. The Kier molecular flexibility index (Phi) is 5.26. The number of hydrogen-bond donors (Lipinski definition) is 0. The van der Waals surface area contributed by atoms with Crippen LogP contribution in [0, 0.1) is 0 Å². The first-order chi connectivity index (χ1) is 10.7. The molecule has 122 valence electrons. The molecule has 1 N–H and O–H groups in total. The van der Waals surface area contributed by atoms with Crippen molar-refractivity contribution in [3.05, 3.63) is 35.7 Å². The molecular weight excluding hydrogens is 312 g/mol. The third-order valence-electron chi connectivity index (χ3n) is 4.04. The predicted molar refractivity (Wildman–Crippen MR) is 87.7 cm³/mol. The summed E-state index contributed by atoms with van der Waals surface area (Å²) >= 11 is 0. The van der Waals surface area contributed by atoms with Crippen molar-refractivity contribution in [3.63, 3.8) is 0 Å². The van der Waals surface area contributed by atoms with Gasteiger partial charge >= 0.3 is 0 Å². The molecule has 5 heteroatoms. The molecule has 0 saturated heterocycles. The summed E-state index contributed by atoms with van der Waals surface area (Å²) in [6.45, 7) is 4.22. The molecule has 0 bridgehead atoms. The first-order valence-electron chi connectivity index (χ1n) is 7.61. The lowest BCUT2D eigenvalue weighted by molar-refractivity contribution is -0.356. The molecule has 0 spiro atoms. The van der Waals surface area contributed by atoms with Gasteiger partial charge in [0.15, 0.2) is 5.69 Å². The van der Waals surface area contributed by atoms with Crippen LogP contribution in [0.5, 0.6) is 11.5 Å². The zero-order valence-corrected chi connectivity index (χ0v) is 14.6. The molecule has 0 aliphatic heterocycles. The summed E-state index contributed by atoms with van der Waals surface area (Å²) < 4.78 is 11.1. The van der Waals surface area contributed by atoms with Crippen LogP contribution < -0.4 is 26.9 Å². The van der Waals surface area contributed by atoms with Crippen LogP contribution >= 0.6 is 0 Å². The summed E-state index contributed by atoms with van der Waals surface area (Å²) in [4.78, 5) is 8.31. The maximum atomic E-state index is 5.55. The predicted octanol–water partition coefficient (Wildman–Crippen LogP) is 0.348. The zero-order chi connectivity index (χ0) is 15.7. The first kappa shape index (κ1) is 17.3. The van der Waals surface area contributed by atoms with Crippen LogP contribution in [0.4, 0.5) is 0 Å². The summed E-state index contributed by atoms with van der Waals surface area (Å²) in [5.74, 6) is 1.73. The van der Waals surface area contributed by atoms with Crippen LogP contribution in [0.25, 0.3) is 21.8 Å². The van der Waals surface area contributed by atoms with Gasteiger partial charge in [-0.1, -0.05) is 13.8 Å². The van der Waals surface area contributed by atoms with E-state index in [2.05, 4.69) is 31.0 Å². The van der Waals surface area contributed by atoms with E-state index in [-0.39, 0.29) is 12.4 Å². The Balaban J connectivity index is 0.00000192. The van der Waals surface area contributed by atoms with E-state index in [1.165, 1.54) is 0 Å². The number of aromatic nitrogens is 2. The van der Waals surface area contributed by atoms with Crippen LogP contribution in [0.15, 0.2) is 24.3 Å². The minimum atomic E-state index is 0. The average Bonchev–Trinajstić information content (AvgIpc) is 2.59. The molecule has 0 saturated carbocycles. The number of halogens is 1. The van der Waals surface area contributed by atoms with Gasteiger partial charge in [0.2, 0.25) is 5.52 Å². The molecule has 3 aromatic rings. The highest BCUT2D eigenvalue weighted by Gasteiger charge is 2.18. The van der Waals surface area contributed by atoms with Crippen molar-refractivity contribution in [1.29, 1.82) is 0 Å². The number of nitrogens with zero attached hydrogens (tertiary/aromatic N) is 1. The minimum Gasteiger partial charge on any atom is -1.00 e. The second-order valence-corrected chi connectivity index (χ2v) is 5.27. The number of H-pyrrole nitrogens is 1. The maximum Gasteiger partial charge on any atom is 0.241 e. The molecule has 4 nitrogen and oxygen atoms in total. The molecule has 0 atom stereocenters. The number of nitrogens with one attached hydrogen (secondary N) is 1. The topological polar surface area (TPSA) is 45.5 Å². The lowest BCUT2D eigenvalue weighted by Crippen LogP contribution is -3.00. The molecule has 0 aliphatic carbocycles. The number of fused-ring (bicyclic) bond motifs is 3. The van der Waals surface area contributed by atoms with Crippen LogP contribution in [-0.2, 0) is 12.8 Å². The van der Waals surface area contributed by atoms with Crippen molar-refractivity contribution in [3.8, 4) is 11.5 Å². The Morgan fingerprint density at radius 1 is 0.957 bits per heavy atom. The van der Waals surface area contributed by atoms with Crippen LogP contribution in [0.1, 0.15) is 25.2 Å². The van der Waals surface area contributed by atoms with Gasteiger partial charge in [-0.25, -0.2) is 9.97 Å². The van der Waals surface area contributed by atoms with Crippen molar-refractivity contribution >= 4 is 21.8 Å². The van der Waals surface area contributed by atoms with Crippen LogP contribution in [0.2, 0.25) is 0 Å². The van der Waals surface area contributed by atoms with Crippen molar-refractivity contribution in [2.45, 2.75) is 26.7 Å². The Hall–Kier alpha value is -2.07. The Labute approximate surface area is 142 Å². The average molecular weight is 333 g/mol. The molecule has 23 heavy (non-hydrogen) atoms. The fourth-order valence-electron chi connectivity index (χ4n) is 2.78. The van der Waals surface area contributed by atoms with Gasteiger partial charge in [-0.3, -0.25) is 0 Å². The standard InChI is InChI=1S/C18H20N2O2.ClH/c1-5-11-9-15(21-3)13-7-8-14-16(22-4)10-12(6-2)20-18(14)17(13)19-11;/h7-10H,5-6H2,1-4H3;1H. The van der Waals surface area contributed by atoms with Crippen molar-refractivity contribution < 1.29 is 26.9 Å². The molecule has 3 rings (SSSR count). The molecule has 0 aliphatic rings. The summed E-state index contributed by atoms with van der Waals surface area (Å²) in [5, 5.41) is 2.05. The van der Waals surface area contributed by atoms with Crippen molar-refractivity contribution in [2.24, 2.45) is 0 Å². The molecule has 2 aromatic heterocycles. The SMILES string of the molecule is CCc1cc(OC)c2ccc3c(OC)cc(CC)[nH+]c3c2n1.[Cl-]. The molecular formula is C18H21ClN2O2. The summed E-state index contributed by atoms with van der Waals surface area (Å²) in [7, 11) is 3.40. The van der Waals surface area contributed by atoms with E-state index in [9.17, 15) is 0 Å². The number of methoxy groups -OCH3 is 2. The number of hydrogen-bond acceptors (Lipinski definition) is 3. The first-order valence-corrected chi connectivity index (χ1v) is 7.61. The van der Waals surface area contributed by atoms with E-state index >= 15 is 0 Å². The largest absolute Gasteiger partial charge is 1.00 e. The fraction of sp³-hybridized carbons (Fsp3) is 0.333. The van der Waals surface area contributed by atoms with E-state index in [1.807, 2.05) is 12.1 Å². The molecule has 2 heterocycles. The number of aromatic amines is 1. The third-order valence-corrected chi connectivity index (χ3v) is 4.04. The van der Waals surface area contributed by atoms with E-state index in [4.69, 9.17) is 14.5 Å². The van der Waals surface area contributed by atoms with Gasteiger partial charge in [0, 0.05) is 29.6 Å². The van der Waals surface area contributed by atoms with Gasteiger partial charge in [0.1, 0.15) is 17.0 Å². The smallest absolute Gasteiger partial charge is 0.241 e. The van der Waals surface area contributed by atoms with E-state index in [1.54, 1.807) is 14.2 Å². The number of pyridine rings is 2. The second kappa shape index (κ2) is 7.01. The van der Waals surface area contributed by atoms with Crippen molar-refractivity contribution in [1.82, 2.24) is 4.98 Å². The summed E-state index contributed by atoms with van der Waals surface area (Å²) in [6.07, 6.45) is 1.78. The zero-order valence-electron chi connectivity index (χ0n) is 13.9. The summed E-state index contributed by atoms with van der Waals surface area (Å²) in [5.41, 5.74) is 4.08. The van der Waals surface area contributed by atoms with Crippen LogP contribution in [0.3, 0.4) is 0 Å². The van der Waals surface area contributed by atoms with Crippen molar-refractivity contribution in [2.75, 3.05) is 14.2 Å². The van der Waals surface area contributed by atoms with Crippen LogP contribution in [-0.4, -0.2) is 19.2 Å². The maximum absolute atomic E-state index is 5.55. The molecule has 0 radical (unpaired) electrons. The Morgan fingerprint density at radius 2 is 1.61 bits per heavy atom. The van der Waals surface area contributed by atoms with Gasteiger partial charge in [0.05, 0.1) is 19.6 Å². The van der Waals surface area contributed by atoms with E-state index < -0.39 is 0 Å². The third kappa shape index (κ3) is 2.91. The number of rotatable bonds is 4. The Bertz CT molecular complexity index is 779. The minimum absolute atomic E-state index is 0. The fourth-order valence-corrected chi connectivity index (χ4v) is 2.78. The molecule has 0 unspecified atom stereocenters. The normalized spacial score (nSPS) is 10.6. The van der Waals surface area contributed by atoms with Gasteiger partial charge in [-0.15, -0.1) is 0 Å². The molecule has 0 fully saturated rings. The van der Waals surface area contributed by atoms with Gasteiger partial charge in [-0.05, 0) is 18.6 Å². The summed E-state index contributed by atoms with van der Waals surface area (Å²) in [6, 6.07) is 8.16. The number of ether oxygens (including phenoxy) is 2. The van der Waals surface area contributed by atoms with E-state index in [0.29, 0.717) is 0 Å². The highest BCUT2D eigenvalue weighted by Crippen LogP contribution is 2.33. The number of aryl methyl sites for hydroxylation is 2. The lowest BCUT2D eigenvalue weighted by atomic mass is 10.1. The highest BCUT2D eigenvalue weighted by molar-refractivity contribution is 6.05. The number of benzene rings is 1. The van der Waals surface area contributed by atoms with E-state index in [0.717, 1.165) is 57.5 Å². The van der Waals surface area contributed by atoms with Gasteiger partial charge in [-0.2, -0.15) is 0 Å². The van der Waals surface area contributed by atoms with Gasteiger partial charge < -0.3 is 21.9 Å². The van der Waals surface area contributed by atoms with Gasteiger partial charge in [0.25, 0.3) is 0 Å². The second-order valence-electron chi connectivity index (χ2n) is 5.27. The highest BCUT2D eigenvalue weighted by atomic mass is 35.5. The molecule has 0 amide bonds. The lowest BCUT2D eigenvalue weighted by Gasteiger charge is -2.09. The monoisotopic (exact) mass is 332 g/mol.